The Bertz CT molecular complexity index is 572. The summed E-state index contributed by atoms with van der Waals surface area (Å²) in [6, 6.07) is 3.07. The summed E-state index contributed by atoms with van der Waals surface area (Å²) >= 11 is 0. The molecule has 1 aliphatic rings. The van der Waals surface area contributed by atoms with E-state index in [4.69, 9.17) is 5.73 Å². The molecule has 0 fully saturated rings. The first-order valence-electron chi connectivity index (χ1n) is 6.99. The first-order chi connectivity index (χ1) is 9.88. The smallest absolute Gasteiger partial charge is 0.294 e. The number of nitrogens with two attached hydrogens (primary N) is 1. The van der Waals surface area contributed by atoms with Crippen LogP contribution in [0.4, 0.5) is 17.1 Å². The van der Waals surface area contributed by atoms with Crippen LogP contribution in [-0.2, 0) is 11.2 Å². The number of anilines is 2. The highest BCUT2D eigenvalue weighted by atomic mass is 16.6. The molecule has 1 aromatic rings. The Kier molecular flexibility index (Phi) is 4.42. The number of nitro benzene ring substituents is 1. The average molecular weight is 292 g/mol. The monoisotopic (exact) mass is 292 g/mol. The van der Waals surface area contributed by atoms with E-state index in [1.165, 1.54) is 6.07 Å². The fourth-order valence-electron chi connectivity index (χ4n) is 2.17. The molecule has 2 rings (SSSR count). The van der Waals surface area contributed by atoms with Gasteiger partial charge in [0.15, 0.2) is 0 Å². The SMILES string of the molecule is CC(C)C(N)CNc1cc2c(cc1[N+](=O)[O-])NC(=O)CC2. The van der Waals surface area contributed by atoms with Crippen LogP contribution < -0.4 is 16.4 Å². The molecule has 21 heavy (non-hydrogen) atoms. The number of nitrogens with one attached hydrogen (secondary N) is 2. The van der Waals surface area contributed by atoms with E-state index in [1.54, 1.807) is 6.07 Å². The quantitative estimate of drug-likeness (QED) is 0.567. The number of fused-ring (bicyclic) bond motifs is 1. The van der Waals surface area contributed by atoms with Gasteiger partial charge < -0.3 is 16.4 Å². The zero-order valence-corrected chi connectivity index (χ0v) is 12.2. The molecule has 1 unspecified atom stereocenters. The molecule has 4 N–H and O–H groups in total. The van der Waals surface area contributed by atoms with Crippen molar-refractivity contribution in [1.82, 2.24) is 0 Å². The van der Waals surface area contributed by atoms with Crippen molar-refractivity contribution in [2.24, 2.45) is 11.7 Å². The fourth-order valence-corrected chi connectivity index (χ4v) is 2.17. The highest BCUT2D eigenvalue weighted by molar-refractivity contribution is 5.95. The molecule has 0 spiro atoms. The Morgan fingerprint density at radius 1 is 1.43 bits per heavy atom. The Hall–Kier alpha value is -2.15. The molecule has 1 amide bonds. The first kappa shape index (κ1) is 15.2. The third kappa shape index (κ3) is 3.49. The molecule has 0 bridgehead atoms. The second-order valence-electron chi connectivity index (χ2n) is 5.62. The summed E-state index contributed by atoms with van der Waals surface area (Å²) in [5, 5.41) is 16.9. The molecule has 0 saturated carbocycles. The van der Waals surface area contributed by atoms with Crippen LogP contribution in [0.2, 0.25) is 0 Å². The maximum Gasteiger partial charge on any atom is 0.294 e. The van der Waals surface area contributed by atoms with Crippen LogP contribution in [0.25, 0.3) is 0 Å². The molecule has 0 aliphatic carbocycles. The number of nitrogens with zero attached hydrogens (tertiary/aromatic N) is 1. The van der Waals surface area contributed by atoms with Crippen molar-refractivity contribution in [2.45, 2.75) is 32.7 Å². The standard InChI is InChI=1S/C14H20N4O3/c1-8(2)10(15)7-16-12-5-9-3-4-14(19)17-11(9)6-13(12)18(20)21/h5-6,8,10,16H,3-4,7,15H2,1-2H3,(H,17,19). The Morgan fingerprint density at radius 3 is 2.76 bits per heavy atom. The van der Waals surface area contributed by atoms with E-state index in [9.17, 15) is 14.9 Å². The van der Waals surface area contributed by atoms with E-state index in [0.29, 0.717) is 30.8 Å². The lowest BCUT2D eigenvalue weighted by atomic mass is 10.0. The Morgan fingerprint density at radius 2 is 2.14 bits per heavy atom. The van der Waals surface area contributed by atoms with Gasteiger partial charge in [-0.15, -0.1) is 0 Å². The highest BCUT2D eigenvalue weighted by Crippen LogP contribution is 2.34. The molecular weight excluding hydrogens is 272 g/mol. The molecule has 0 aromatic heterocycles. The largest absolute Gasteiger partial charge is 0.378 e. The predicted octanol–water partition coefficient (Wildman–Crippen LogP) is 1.87. The zero-order chi connectivity index (χ0) is 15.6. The molecule has 114 valence electrons. The van der Waals surface area contributed by atoms with Gasteiger partial charge in [-0.05, 0) is 24.0 Å². The minimum absolute atomic E-state index is 0.0492. The lowest BCUT2D eigenvalue weighted by molar-refractivity contribution is -0.383. The highest BCUT2D eigenvalue weighted by Gasteiger charge is 2.22. The maximum atomic E-state index is 11.4. The number of hydrogen-bond acceptors (Lipinski definition) is 5. The van der Waals surface area contributed by atoms with Gasteiger partial charge in [-0.3, -0.25) is 14.9 Å². The topological polar surface area (TPSA) is 110 Å². The zero-order valence-electron chi connectivity index (χ0n) is 12.2. The first-order valence-corrected chi connectivity index (χ1v) is 6.99. The molecular formula is C14H20N4O3. The van der Waals surface area contributed by atoms with E-state index >= 15 is 0 Å². The van der Waals surface area contributed by atoms with Crippen LogP contribution >= 0.6 is 0 Å². The van der Waals surface area contributed by atoms with Crippen molar-refractivity contribution in [1.29, 1.82) is 0 Å². The number of nitro groups is 1. The van der Waals surface area contributed by atoms with E-state index in [-0.39, 0.29) is 23.6 Å². The number of hydrogen-bond donors (Lipinski definition) is 3. The van der Waals surface area contributed by atoms with Crippen LogP contribution in [0.5, 0.6) is 0 Å². The number of benzene rings is 1. The second kappa shape index (κ2) is 6.09. The number of rotatable bonds is 5. The summed E-state index contributed by atoms with van der Waals surface area (Å²) in [6.07, 6.45) is 0.986. The summed E-state index contributed by atoms with van der Waals surface area (Å²) in [5.41, 5.74) is 7.79. The number of aryl methyl sites for hydroxylation is 1. The fraction of sp³-hybridized carbons (Fsp3) is 0.500. The normalized spacial score (nSPS) is 15.3. The van der Waals surface area contributed by atoms with Crippen LogP contribution in [-0.4, -0.2) is 23.4 Å². The summed E-state index contributed by atoms with van der Waals surface area (Å²) in [6.45, 7) is 4.47. The molecule has 1 atom stereocenters. The van der Waals surface area contributed by atoms with E-state index in [1.807, 2.05) is 13.8 Å². The minimum atomic E-state index is -0.454. The number of amides is 1. The Balaban J connectivity index is 2.27. The van der Waals surface area contributed by atoms with Gasteiger partial charge in [-0.2, -0.15) is 0 Å². The van der Waals surface area contributed by atoms with Gasteiger partial charge in [0.2, 0.25) is 5.91 Å². The van der Waals surface area contributed by atoms with Gasteiger partial charge in [0, 0.05) is 25.1 Å². The van der Waals surface area contributed by atoms with Crippen molar-refractivity contribution in [2.75, 3.05) is 17.2 Å². The van der Waals surface area contributed by atoms with Crippen LogP contribution in [0.15, 0.2) is 12.1 Å². The van der Waals surface area contributed by atoms with Crippen LogP contribution in [0.3, 0.4) is 0 Å². The van der Waals surface area contributed by atoms with E-state index in [2.05, 4.69) is 10.6 Å². The van der Waals surface area contributed by atoms with Crippen molar-refractivity contribution < 1.29 is 9.72 Å². The van der Waals surface area contributed by atoms with Crippen molar-refractivity contribution >= 4 is 23.0 Å². The van der Waals surface area contributed by atoms with Crippen LogP contribution in [0.1, 0.15) is 25.8 Å². The molecule has 1 aromatic carbocycles. The third-order valence-corrected chi connectivity index (χ3v) is 3.70. The van der Waals surface area contributed by atoms with Gasteiger partial charge in [0.05, 0.1) is 10.6 Å². The molecule has 7 heteroatoms. The summed E-state index contributed by atoms with van der Waals surface area (Å²) in [5.74, 6) is 0.174. The predicted molar refractivity (Wildman–Crippen MR) is 81.4 cm³/mol. The second-order valence-corrected chi connectivity index (χ2v) is 5.62. The van der Waals surface area contributed by atoms with Crippen molar-refractivity contribution in [3.63, 3.8) is 0 Å². The summed E-state index contributed by atoms with van der Waals surface area (Å²) in [4.78, 5) is 22.1. The van der Waals surface area contributed by atoms with Crippen molar-refractivity contribution in [3.05, 3.63) is 27.8 Å². The molecule has 7 nitrogen and oxygen atoms in total. The maximum absolute atomic E-state index is 11.4. The van der Waals surface area contributed by atoms with E-state index in [0.717, 1.165) is 5.56 Å². The lowest BCUT2D eigenvalue weighted by Crippen LogP contribution is -2.34. The molecule has 1 aliphatic heterocycles. The number of carbonyl (C=O) groups excluding carboxylic acids is 1. The van der Waals surface area contributed by atoms with Gasteiger partial charge in [0.25, 0.3) is 5.69 Å². The van der Waals surface area contributed by atoms with Gasteiger partial charge in [0.1, 0.15) is 5.69 Å². The van der Waals surface area contributed by atoms with E-state index < -0.39 is 4.92 Å². The average Bonchev–Trinajstić information content (AvgIpc) is 2.43. The molecule has 1 heterocycles. The summed E-state index contributed by atoms with van der Waals surface area (Å²) < 4.78 is 0. The lowest BCUT2D eigenvalue weighted by Gasteiger charge is -2.20. The van der Waals surface area contributed by atoms with Gasteiger partial charge in [-0.25, -0.2) is 0 Å². The van der Waals surface area contributed by atoms with Crippen LogP contribution in [0, 0.1) is 16.0 Å². The Labute approximate surface area is 123 Å². The van der Waals surface area contributed by atoms with Gasteiger partial charge in [-0.1, -0.05) is 13.8 Å². The third-order valence-electron chi connectivity index (χ3n) is 3.70. The minimum Gasteiger partial charge on any atom is -0.378 e. The molecule has 0 radical (unpaired) electrons. The van der Waals surface area contributed by atoms with Gasteiger partial charge >= 0.3 is 0 Å². The van der Waals surface area contributed by atoms with Crippen molar-refractivity contribution in [3.8, 4) is 0 Å². The summed E-state index contributed by atoms with van der Waals surface area (Å²) in [7, 11) is 0. The molecule has 0 saturated heterocycles. The number of carbonyl (C=O) groups is 1.